The smallest absolute Gasteiger partial charge is 0.410 e. The van der Waals surface area contributed by atoms with Crippen LogP contribution in [0.1, 0.15) is 66.7 Å². The molecule has 4 rings (SSSR count). The quantitative estimate of drug-likeness (QED) is 0.540. The van der Waals surface area contributed by atoms with Crippen LogP contribution in [0.25, 0.3) is 5.69 Å². The number of rotatable bonds is 4. The maximum absolute atomic E-state index is 12.2. The van der Waals surface area contributed by atoms with Crippen molar-refractivity contribution < 1.29 is 14.3 Å². The summed E-state index contributed by atoms with van der Waals surface area (Å²) in [5.74, 6) is 6.93. The molecule has 1 aromatic heterocycles. The average molecular weight is 500 g/mol. The van der Waals surface area contributed by atoms with Crippen molar-refractivity contribution in [1.82, 2.24) is 19.7 Å². The minimum Gasteiger partial charge on any atom is -0.444 e. The fraction of sp³-hybridized carbons (Fsp3) is 0.379. The molecule has 1 fully saturated rings. The Labute approximate surface area is 217 Å². The van der Waals surface area contributed by atoms with Crippen molar-refractivity contribution in [1.29, 1.82) is 0 Å². The van der Waals surface area contributed by atoms with Crippen LogP contribution in [0, 0.1) is 24.7 Å². The van der Waals surface area contributed by atoms with E-state index < -0.39 is 11.5 Å². The second-order valence-electron chi connectivity index (χ2n) is 10.3. The third-order valence-electron chi connectivity index (χ3n) is 6.10. The fourth-order valence-corrected chi connectivity index (χ4v) is 4.15. The largest absolute Gasteiger partial charge is 0.444 e. The first-order valence-electron chi connectivity index (χ1n) is 12.5. The van der Waals surface area contributed by atoms with Gasteiger partial charge in [0.25, 0.3) is 5.91 Å². The number of hydrogen-bond acceptors (Lipinski definition) is 5. The Kier molecular flexibility index (Phi) is 7.63. The molecule has 0 saturated carbocycles. The Bertz CT molecular complexity index is 1320. The van der Waals surface area contributed by atoms with Crippen LogP contribution in [0.15, 0.2) is 48.5 Å². The number of amides is 2. The highest BCUT2D eigenvalue weighted by Gasteiger charge is 2.26. The molecule has 2 N–H and O–H groups in total. The minimum atomic E-state index is -0.643. The number of piperidine rings is 1. The number of carbonyl (C=O) groups excluding carboxylic acids is 2. The number of benzene rings is 2. The van der Waals surface area contributed by atoms with E-state index in [1.807, 2.05) is 45.0 Å². The lowest BCUT2D eigenvalue weighted by Gasteiger charge is -2.31. The van der Waals surface area contributed by atoms with Gasteiger partial charge in [-0.15, -0.1) is 5.10 Å². The molecule has 0 aliphatic carbocycles. The van der Waals surface area contributed by atoms with Gasteiger partial charge in [-0.1, -0.05) is 36.1 Å². The van der Waals surface area contributed by atoms with Gasteiger partial charge in [0.15, 0.2) is 0 Å². The summed E-state index contributed by atoms with van der Waals surface area (Å²) in [6, 6.07) is 16.3. The van der Waals surface area contributed by atoms with E-state index in [1.54, 1.807) is 16.5 Å². The third-order valence-corrected chi connectivity index (χ3v) is 6.10. The van der Waals surface area contributed by atoms with Crippen LogP contribution >= 0.6 is 0 Å². The van der Waals surface area contributed by atoms with Gasteiger partial charge in [-0.25, -0.2) is 14.5 Å². The molecule has 2 heterocycles. The maximum atomic E-state index is 12.2. The van der Waals surface area contributed by atoms with E-state index in [0.29, 0.717) is 18.9 Å². The fourth-order valence-electron chi connectivity index (χ4n) is 4.15. The van der Waals surface area contributed by atoms with Gasteiger partial charge in [-0.2, -0.15) is 0 Å². The predicted octanol–water partition coefficient (Wildman–Crippen LogP) is 4.26. The Morgan fingerprint density at radius 2 is 1.62 bits per heavy atom. The molecular formula is C29H33N5O3. The van der Waals surface area contributed by atoms with Gasteiger partial charge in [-0.05, 0) is 82.3 Å². The second-order valence-corrected chi connectivity index (χ2v) is 10.3. The lowest BCUT2D eigenvalue weighted by atomic mass is 9.97. The van der Waals surface area contributed by atoms with Gasteiger partial charge in [0, 0.05) is 24.6 Å². The minimum absolute atomic E-state index is 0.0102. The molecular weight excluding hydrogens is 466 g/mol. The molecule has 0 unspecified atom stereocenters. The van der Waals surface area contributed by atoms with Crippen LogP contribution in [0.4, 0.5) is 4.79 Å². The summed E-state index contributed by atoms with van der Waals surface area (Å²) in [5, 5.41) is 4.17. The van der Waals surface area contributed by atoms with Crippen LogP contribution in [0.5, 0.6) is 0 Å². The van der Waals surface area contributed by atoms with Gasteiger partial charge in [0.1, 0.15) is 11.4 Å². The molecule has 37 heavy (non-hydrogen) atoms. The molecule has 1 saturated heterocycles. The van der Waals surface area contributed by atoms with Gasteiger partial charge in [0.05, 0.1) is 5.69 Å². The maximum Gasteiger partial charge on any atom is 0.410 e. The highest BCUT2D eigenvalue weighted by Crippen LogP contribution is 2.20. The Morgan fingerprint density at radius 1 is 1.03 bits per heavy atom. The van der Waals surface area contributed by atoms with Crippen molar-refractivity contribution in [2.24, 2.45) is 11.7 Å². The molecule has 0 atom stereocenters. The topological polar surface area (TPSA) is 103 Å². The van der Waals surface area contributed by atoms with E-state index in [0.717, 1.165) is 36.1 Å². The van der Waals surface area contributed by atoms with Gasteiger partial charge in [0.2, 0.25) is 5.82 Å². The monoisotopic (exact) mass is 499 g/mol. The molecule has 0 radical (unpaired) electrons. The van der Waals surface area contributed by atoms with E-state index in [9.17, 15) is 9.59 Å². The van der Waals surface area contributed by atoms with Crippen molar-refractivity contribution in [2.75, 3.05) is 13.1 Å². The molecule has 0 bridgehead atoms. The highest BCUT2D eigenvalue weighted by molar-refractivity contribution is 5.88. The van der Waals surface area contributed by atoms with Crippen molar-refractivity contribution >= 4 is 12.0 Å². The van der Waals surface area contributed by atoms with E-state index in [-0.39, 0.29) is 17.8 Å². The molecule has 1 aliphatic heterocycles. The normalized spacial score (nSPS) is 14.1. The van der Waals surface area contributed by atoms with E-state index in [2.05, 4.69) is 46.2 Å². The number of nitrogens with zero attached hydrogens (tertiary/aromatic N) is 4. The van der Waals surface area contributed by atoms with Crippen molar-refractivity contribution in [3.05, 3.63) is 76.9 Å². The van der Waals surface area contributed by atoms with E-state index in [4.69, 9.17) is 10.5 Å². The zero-order chi connectivity index (χ0) is 26.6. The number of carbonyl (C=O) groups is 2. The number of primary amides is 1. The van der Waals surface area contributed by atoms with Crippen LogP contribution < -0.4 is 5.73 Å². The average Bonchev–Trinajstić information content (AvgIpc) is 3.25. The van der Waals surface area contributed by atoms with Crippen LogP contribution in [-0.4, -0.2) is 50.4 Å². The Hall–Kier alpha value is -4.12. The van der Waals surface area contributed by atoms with Gasteiger partial charge >= 0.3 is 6.09 Å². The third kappa shape index (κ3) is 6.98. The predicted molar refractivity (Wildman–Crippen MR) is 141 cm³/mol. The van der Waals surface area contributed by atoms with Gasteiger partial charge in [-0.3, -0.25) is 4.79 Å². The number of aromatic nitrogens is 3. The molecule has 1 aliphatic rings. The second kappa shape index (κ2) is 10.9. The molecule has 3 aromatic rings. The molecule has 192 valence electrons. The van der Waals surface area contributed by atoms with Crippen LogP contribution in [0.2, 0.25) is 0 Å². The number of ether oxygens (including phenoxy) is 1. The Morgan fingerprint density at radius 3 is 2.16 bits per heavy atom. The summed E-state index contributed by atoms with van der Waals surface area (Å²) in [7, 11) is 0. The van der Waals surface area contributed by atoms with Crippen LogP contribution in [-0.2, 0) is 11.2 Å². The van der Waals surface area contributed by atoms with Crippen LogP contribution in [0.3, 0.4) is 0 Å². The van der Waals surface area contributed by atoms with Crippen molar-refractivity contribution in [3.8, 4) is 17.5 Å². The SMILES string of the molecule is Cc1nc(C(N)=O)nn1-c1ccc(Cc2ccc(C#CC3CCN(C(=O)OC(C)(C)C)CC3)cc2)cc1. The number of aryl methyl sites for hydroxylation is 1. The number of nitrogens with two attached hydrogens (primary N) is 1. The summed E-state index contributed by atoms with van der Waals surface area (Å²) in [5.41, 5.74) is 8.97. The molecule has 0 spiro atoms. The summed E-state index contributed by atoms with van der Waals surface area (Å²) >= 11 is 0. The first-order valence-corrected chi connectivity index (χ1v) is 12.5. The standard InChI is InChI=1S/C29H33N5O3/c1-20-31-27(26(30)35)32-34(20)25-13-11-24(12-14-25)19-23-9-7-21(8-10-23)5-6-22-15-17-33(18-16-22)28(36)37-29(2,3)4/h7-14,22H,15-19H2,1-4H3,(H2,30,35). The lowest BCUT2D eigenvalue weighted by Crippen LogP contribution is -2.41. The van der Waals surface area contributed by atoms with E-state index in [1.165, 1.54) is 5.56 Å². The van der Waals surface area contributed by atoms with Crippen molar-refractivity contribution in [3.63, 3.8) is 0 Å². The summed E-state index contributed by atoms with van der Waals surface area (Å²) in [6.07, 6.45) is 2.27. The summed E-state index contributed by atoms with van der Waals surface area (Å²) in [6.45, 7) is 8.78. The Balaban J connectivity index is 1.30. The molecule has 8 nitrogen and oxygen atoms in total. The first kappa shape index (κ1) is 26.0. The van der Waals surface area contributed by atoms with Gasteiger partial charge < -0.3 is 15.4 Å². The lowest BCUT2D eigenvalue weighted by molar-refractivity contribution is 0.0199. The zero-order valence-corrected chi connectivity index (χ0v) is 21.8. The first-order chi connectivity index (χ1) is 17.6. The molecule has 8 heteroatoms. The van der Waals surface area contributed by atoms with E-state index >= 15 is 0 Å². The summed E-state index contributed by atoms with van der Waals surface area (Å²) in [4.78, 5) is 29.4. The molecule has 2 aromatic carbocycles. The highest BCUT2D eigenvalue weighted by atomic mass is 16.6. The van der Waals surface area contributed by atoms with Crippen molar-refractivity contribution in [2.45, 2.75) is 52.6 Å². The number of hydrogen-bond donors (Lipinski definition) is 1. The summed E-state index contributed by atoms with van der Waals surface area (Å²) < 4.78 is 7.07. The molecule has 2 amide bonds. The number of likely N-dealkylation sites (tertiary alicyclic amines) is 1. The zero-order valence-electron chi connectivity index (χ0n) is 21.8.